The van der Waals surface area contributed by atoms with Gasteiger partial charge in [-0.25, -0.2) is 4.98 Å². The molecule has 0 aliphatic rings. The first-order chi connectivity index (χ1) is 8.06. The van der Waals surface area contributed by atoms with Gasteiger partial charge in [0.05, 0.1) is 17.4 Å². The molecule has 1 unspecified atom stereocenters. The summed E-state index contributed by atoms with van der Waals surface area (Å²) >= 11 is 3.35. The maximum Gasteiger partial charge on any atom is 0.126 e. The molecule has 0 spiro atoms. The molecule has 2 aromatic rings. The largest absolute Gasteiger partial charge is 0.464 e. The van der Waals surface area contributed by atoms with E-state index >= 15 is 0 Å². The second kappa shape index (κ2) is 4.92. The zero-order chi connectivity index (χ0) is 12.4. The van der Waals surface area contributed by atoms with Crippen LogP contribution in [-0.4, -0.2) is 4.98 Å². The van der Waals surface area contributed by atoms with Gasteiger partial charge < -0.3 is 9.73 Å². The van der Waals surface area contributed by atoms with Gasteiger partial charge in [0.1, 0.15) is 16.1 Å². The molecule has 0 saturated carbocycles. The second-order valence-corrected chi connectivity index (χ2v) is 4.89. The van der Waals surface area contributed by atoms with E-state index in [1.165, 1.54) is 0 Å². The van der Waals surface area contributed by atoms with Gasteiger partial charge in [0.25, 0.3) is 0 Å². The summed E-state index contributed by atoms with van der Waals surface area (Å²) in [5.41, 5.74) is 1.99. The molecule has 90 valence electrons. The third-order valence-corrected chi connectivity index (χ3v) is 3.05. The molecule has 0 fully saturated rings. The van der Waals surface area contributed by atoms with Crippen LogP contribution in [0.4, 0.5) is 5.69 Å². The summed E-state index contributed by atoms with van der Waals surface area (Å²) in [6.45, 7) is 6.00. The van der Waals surface area contributed by atoms with Crippen molar-refractivity contribution in [1.82, 2.24) is 4.98 Å². The summed E-state index contributed by atoms with van der Waals surface area (Å²) in [5.74, 6) is 1.86. The van der Waals surface area contributed by atoms with Crippen molar-refractivity contribution in [3.63, 3.8) is 0 Å². The predicted molar refractivity (Wildman–Crippen MR) is 72.2 cm³/mol. The minimum Gasteiger partial charge on any atom is -0.464 e. The van der Waals surface area contributed by atoms with Crippen molar-refractivity contribution in [2.24, 2.45) is 0 Å². The smallest absolute Gasteiger partial charge is 0.126 e. The molecule has 3 nitrogen and oxygen atoms in total. The van der Waals surface area contributed by atoms with Crippen molar-refractivity contribution in [2.75, 3.05) is 5.32 Å². The molecule has 0 bridgehead atoms. The third kappa shape index (κ3) is 2.88. The summed E-state index contributed by atoms with van der Waals surface area (Å²) in [5, 5.41) is 3.39. The number of pyridine rings is 1. The third-order valence-electron chi connectivity index (χ3n) is 2.61. The minimum absolute atomic E-state index is 0.130. The first-order valence-corrected chi connectivity index (χ1v) is 6.31. The molecule has 0 aliphatic carbocycles. The van der Waals surface area contributed by atoms with E-state index in [9.17, 15) is 0 Å². The molecule has 0 radical (unpaired) electrons. The summed E-state index contributed by atoms with van der Waals surface area (Å²) in [4.78, 5) is 4.35. The average molecular weight is 295 g/mol. The van der Waals surface area contributed by atoms with E-state index in [1.807, 2.05) is 38.1 Å². The van der Waals surface area contributed by atoms with E-state index in [0.29, 0.717) is 0 Å². The highest BCUT2D eigenvalue weighted by molar-refractivity contribution is 9.10. The van der Waals surface area contributed by atoms with Gasteiger partial charge in [0.2, 0.25) is 0 Å². The molecule has 2 aromatic heterocycles. The SMILES string of the molecule is Cc1ccc(C(C)Nc2ccc(Br)nc2C)o1. The van der Waals surface area contributed by atoms with E-state index in [2.05, 4.69) is 33.2 Å². The number of anilines is 1. The molecule has 4 heteroatoms. The fourth-order valence-electron chi connectivity index (χ4n) is 1.67. The van der Waals surface area contributed by atoms with Gasteiger partial charge in [-0.2, -0.15) is 0 Å². The number of aromatic nitrogens is 1. The van der Waals surface area contributed by atoms with Gasteiger partial charge in [-0.05, 0) is 61.0 Å². The van der Waals surface area contributed by atoms with E-state index in [0.717, 1.165) is 27.5 Å². The molecule has 2 rings (SSSR count). The molecule has 0 aromatic carbocycles. The van der Waals surface area contributed by atoms with Crippen molar-refractivity contribution in [3.05, 3.63) is 46.1 Å². The maximum atomic E-state index is 5.59. The Labute approximate surface area is 109 Å². The fraction of sp³-hybridized carbons (Fsp3) is 0.308. The number of nitrogens with one attached hydrogen (secondary N) is 1. The zero-order valence-corrected chi connectivity index (χ0v) is 11.7. The summed E-state index contributed by atoms with van der Waals surface area (Å²) < 4.78 is 6.44. The standard InChI is InChI=1S/C13H15BrN2O/c1-8-4-6-12(17-8)10(3)15-11-5-7-13(14)16-9(11)2/h4-7,10,15H,1-3H3. The Balaban J connectivity index is 2.15. The van der Waals surface area contributed by atoms with Crippen LogP contribution in [0.5, 0.6) is 0 Å². The van der Waals surface area contributed by atoms with Crippen molar-refractivity contribution < 1.29 is 4.42 Å². The van der Waals surface area contributed by atoms with Crippen LogP contribution in [0.25, 0.3) is 0 Å². The lowest BCUT2D eigenvalue weighted by molar-refractivity contribution is 0.467. The van der Waals surface area contributed by atoms with Crippen molar-refractivity contribution in [2.45, 2.75) is 26.8 Å². The van der Waals surface area contributed by atoms with Crippen LogP contribution in [0.2, 0.25) is 0 Å². The molecule has 0 amide bonds. The van der Waals surface area contributed by atoms with Gasteiger partial charge in [-0.1, -0.05) is 0 Å². The summed E-state index contributed by atoms with van der Waals surface area (Å²) in [6, 6.07) is 8.04. The van der Waals surface area contributed by atoms with Crippen LogP contribution in [0.1, 0.15) is 30.2 Å². The highest BCUT2D eigenvalue weighted by Crippen LogP contribution is 2.23. The molecule has 0 aliphatic heterocycles. The van der Waals surface area contributed by atoms with Gasteiger partial charge in [-0.15, -0.1) is 0 Å². The van der Waals surface area contributed by atoms with Crippen LogP contribution < -0.4 is 5.32 Å². The van der Waals surface area contributed by atoms with Crippen molar-refractivity contribution in [3.8, 4) is 0 Å². The lowest BCUT2D eigenvalue weighted by Gasteiger charge is -2.14. The van der Waals surface area contributed by atoms with Crippen LogP contribution >= 0.6 is 15.9 Å². The van der Waals surface area contributed by atoms with E-state index in [1.54, 1.807) is 0 Å². The van der Waals surface area contributed by atoms with Gasteiger partial charge >= 0.3 is 0 Å². The number of nitrogens with zero attached hydrogens (tertiary/aromatic N) is 1. The van der Waals surface area contributed by atoms with Gasteiger partial charge in [0.15, 0.2) is 0 Å². The first kappa shape index (κ1) is 12.2. The molecule has 2 heterocycles. The summed E-state index contributed by atoms with van der Waals surface area (Å²) in [7, 11) is 0. The molecule has 1 atom stereocenters. The number of halogens is 1. The van der Waals surface area contributed by atoms with Crippen LogP contribution in [0.15, 0.2) is 33.3 Å². The Morgan fingerprint density at radius 3 is 2.59 bits per heavy atom. The Hall–Kier alpha value is -1.29. The molecule has 1 N–H and O–H groups in total. The lowest BCUT2D eigenvalue weighted by atomic mass is 10.2. The van der Waals surface area contributed by atoms with Crippen LogP contribution in [-0.2, 0) is 0 Å². The Morgan fingerprint density at radius 2 is 2.00 bits per heavy atom. The molecular weight excluding hydrogens is 280 g/mol. The Kier molecular flexibility index (Phi) is 3.52. The molecule has 17 heavy (non-hydrogen) atoms. The average Bonchev–Trinajstić information content (AvgIpc) is 2.69. The lowest BCUT2D eigenvalue weighted by Crippen LogP contribution is -2.07. The van der Waals surface area contributed by atoms with Gasteiger partial charge in [0, 0.05) is 0 Å². The zero-order valence-electron chi connectivity index (χ0n) is 10.1. The number of aryl methyl sites for hydroxylation is 2. The topological polar surface area (TPSA) is 38.1 Å². The van der Waals surface area contributed by atoms with E-state index in [4.69, 9.17) is 4.42 Å². The van der Waals surface area contributed by atoms with E-state index < -0.39 is 0 Å². The minimum atomic E-state index is 0.130. The number of hydrogen-bond donors (Lipinski definition) is 1. The summed E-state index contributed by atoms with van der Waals surface area (Å²) in [6.07, 6.45) is 0. The highest BCUT2D eigenvalue weighted by atomic mass is 79.9. The maximum absolute atomic E-state index is 5.59. The van der Waals surface area contributed by atoms with Crippen LogP contribution in [0.3, 0.4) is 0 Å². The Morgan fingerprint density at radius 1 is 1.24 bits per heavy atom. The fourth-order valence-corrected chi connectivity index (χ4v) is 2.07. The van der Waals surface area contributed by atoms with E-state index in [-0.39, 0.29) is 6.04 Å². The van der Waals surface area contributed by atoms with Crippen molar-refractivity contribution in [1.29, 1.82) is 0 Å². The first-order valence-electron chi connectivity index (χ1n) is 5.52. The normalized spacial score (nSPS) is 12.5. The highest BCUT2D eigenvalue weighted by Gasteiger charge is 2.10. The van der Waals surface area contributed by atoms with Gasteiger partial charge in [-0.3, -0.25) is 0 Å². The predicted octanol–water partition coefficient (Wildman–Crippen LogP) is 4.23. The van der Waals surface area contributed by atoms with Crippen molar-refractivity contribution >= 4 is 21.6 Å². The Bertz CT molecular complexity index is 522. The second-order valence-electron chi connectivity index (χ2n) is 4.08. The van der Waals surface area contributed by atoms with Crippen LogP contribution in [0, 0.1) is 13.8 Å². The molecular formula is C13H15BrN2O. The monoisotopic (exact) mass is 294 g/mol. The number of hydrogen-bond acceptors (Lipinski definition) is 3. The number of furan rings is 1. The number of rotatable bonds is 3. The quantitative estimate of drug-likeness (QED) is 0.861. The molecule has 0 saturated heterocycles.